The van der Waals surface area contributed by atoms with Crippen LogP contribution >= 0.6 is 0 Å². The zero-order chi connectivity index (χ0) is 13.0. The molecular weight excluding hydrogens is 228 g/mol. The third kappa shape index (κ3) is 3.15. The highest BCUT2D eigenvalue weighted by atomic mass is 16.5. The van der Waals surface area contributed by atoms with Crippen LogP contribution in [0, 0.1) is 0 Å². The second-order valence-corrected chi connectivity index (χ2v) is 4.49. The number of hydrogen-bond acceptors (Lipinski definition) is 5. The second-order valence-electron chi connectivity index (χ2n) is 4.49. The molecule has 5 heteroatoms. The van der Waals surface area contributed by atoms with Crippen LogP contribution in [-0.2, 0) is 6.42 Å². The molecule has 1 aromatic heterocycles. The molecule has 0 unspecified atom stereocenters. The minimum Gasteiger partial charge on any atom is -0.337 e. The number of nitrogens with two attached hydrogens (primary N) is 1. The molecule has 0 saturated heterocycles. The second kappa shape index (κ2) is 5.75. The molecule has 1 heterocycles. The summed E-state index contributed by atoms with van der Waals surface area (Å²) >= 11 is 0. The third-order valence-corrected chi connectivity index (χ3v) is 2.69. The summed E-state index contributed by atoms with van der Waals surface area (Å²) < 4.78 is 5.21. The lowest BCUT2D eigenvalue weighted by molar-refractivity contribution is 0.357. The molecule has 0 bridgehead atoms. The van der Waals surface area contributed by atoms with Crippen LogP contribution in [0.5, 0.6) is 0 Å². The average molecular weight is 246 g/mol. The molecule has 96 valence electrons. The lowest BCUT2D eigenvalue weighted by Gasteiger charge is -2.06. The van der Waals surface area contributed by atoms with Crippen molar-refractivity contribution in [2.45, 2.75) is 12.5 Å². The van der Waals surface area contributed by atoms with Gasteiger partial charge in [0.2, 0.25) is 5.89 Å². The first kappa shape index (κ1) is 12.7. The van der Waals surface area contributed by atoms with Crippen LogP contribution in [0.3, 0.4) is 0 Å². The Balaban J connectivity index is 2.06. The maximum absolute atomic E-state index is 6.08. The van der Waals surface area contributed by atoms with E-state index < -0.39 is 0 Å². The number of rotatable bonds is 5. The number of likely N-dealkylation sites (N-methyl/N-ethyl adjacent to an activating group) is 1. The first-order chi connectivity index (χ1) is 8.66. The minimum atomic E-state index is -0.355. The first-order valence-electron chi connectivity index (χ1n) is 5.94. The largest absolute Gasteiger partial charge is 0.337 e. The average Bonchev–Trinajstić information content (AvgIpc) is 2.85. The maximum atomic E-state index is 6.08. The Labute approximate surface area is 107 Å². The zero-order valence-corrected chi connectivity index (χ0v) is 10.7. The van der Waals surface area contributed by atoms with Crippen molar-refractivity contribution in [1.29, 1.82) is 0 Å². The molecule has 0 radical (unpaired) electrons. The number of aromatic nitrogens is 2. The van der Waals surface area contributed by atoms with Gasteiger partial charge in [0.15, 0.2) is 5.82 Å². The fourth-order valence-corrected chi connectivity index (χ4v) is 1.62. The van der Waals surface area contributed by atoms with Crippen molar-refractivity contribution in [2.75, 3.05) is 20.6 Å². The highest BCUT2D eigenvalue weighted by Crippen LogP contribution is 2.17. The molecule has 2 aromatic rings. The molecule has 0 saturated carbocycles. The van der Waals surface area contributed by atoms with Gasteiger partial charge in [0.25, 0.3) is 0 Å². The van der Waals surface area contributed by atoms with Crippen molar-refractivity contribution in [3.63, 3.8) is 0 Å². The maximum Gasteiger partial charge on any atom is 0.248 e. The quantitative estimate of drug-likeness (QED) is 0.859. The summed E-state index contributed by atoms with van der Waals surface area (Å²) in [6.45, 7) is 0.888. The Morgan fingerprint density at radius 2 is 2.00 bits per heavy atom. The first-order valence-corrected chi connectivity index (χ1v) is 5.94. The summed E-state index contributed by atoms with van der Waals surface area (Å²) in [6.07, 6.45) is 0.762. The summed E-state index contributed by atoms with van der Waals surface area (Å²) in [4.78, 5) is 6.41. The molecular formula is C13H18N4O. The normalized spacial score (nSPS) is 12.9. The predicted molar refractivity (Wildman–Crippen MR) is 69.0 cm³/mol. The van der Waals surface area contributed by atoms with E-state index in [1.54, 1.807) is 0 Å². The summed E-state index contributed by atoms with van der Waals surface area (Å²) in [6, 6.07) is 9.39. The van der Waals surface area contributed by atoms with Crippen LogP contribution in [-0.4, -0.2) is 35.7 Å². The van der Waals surface area contributed by atoms with Gasteiger partial charge in [0, 0.05) is 13.0 Å². The van der Waals surface area contributed by atoms with Crippen molar-refractivity contribution < 1.29 is 4.52 Å². The van der Waals surface area contributed by atoms with E-state index in [1.807, 2.05) is 44.4 Å². The van der Waals surface area contributed by atoms with Gasteiger partial charge in [0.05, 0.1) is 0 Å². The molecule has 1 aromatic carbocycles. The van der Waals surface area contributed by atoms with E-state index in [2.05, 4.69) is 15.0 Å². The Bertz CT molecular complexity index is 481. The summed E-state index contributed by atoms with van der Waals surface area (Å²) in [5.41, 5.74) is 7.05. The van der Waals surface area contributed by atoms with Gasteiger partial charge >= 0.3 is 0 Å². The monoisotopic (exact) mass is 246 g/mol. The van der Waals surface area contributed by atoms with Gasteiger partial charge in [-0.3, -0.25) is 0 Å². The van der Waals surface area contributed by atoms with Gasteiger partial charge < -0.3 is 15.2 Å². The van der Waals surface area contributed by atoms with E-state index in [-0.39, 0.29) is 6.04 Å². The molecule has 1 atom stereocenters. The molecule has 0 amide bonds. The molecule has 0 aliphatic carbocycles. The predicted octanol–water partition coefficient (Wildman–Crippen LogP) is 1.22. The van der Waals surface area contributed by atoms with Gasteiger partial charge in [-0.25, -0.2) is 0 Å². The van der Waals surface area contributed by atoms with E-state index in [0.29, 0.717) is 11.7 Å². The summed E-state index contributed by atoms with van der Waals surface area (Å²) in [7, 11) is 4.02. The summed E-state index contributed by atoms with van der Waals surface area (Å²) in [5.74, 6) is 1.17. The molecule has 18 heavy (non-hydrogen) atoms. The molecule has 0 spiro atoms. The van der Waals surface area contributed by atoms with Gasteiger partial charge in [-0.05, 0) is 19.7 Å². The van der Waals surface area contributed by atoms with Gasteiger partial charge in [0.1, 0.15) is 6.04 Å². The molecule has 2 rings (SSSR count). The lowest BCUT2D eigenvalue weighted by Crippen LogP contribution is -2.16. The topological polar surface area (TPSA) is 68.2 Å². The molecule has 5 nitrogen and oxygen atoms in total. The van der Waals surface area contributed by atoms with Crippen LogP contribution in [0.2, 0.25) is 0 Å². The number of benzene rings is 1. The molecule has 0 fully saturated rings. The third-order valence-electron chi connectivity index (χ3n) is 2.69. The van der Waals surface area contributed by atoms with Crippen molar-refractivity contribution >= 4 is 0 Å². The van der Waals surface area contributed by atoms with Crippen molar-refractivity contribution in [2.24, 2.45) is 5.73 Å². The Morgan fingerprint density at radius 3 is 2.67 bits per heavy atom. The van der Waals surface area contributed by atoms with Crippen LogP contribution in [0.4, 0.5) is 0 Å². The van der Waals surface area contributed by atoms with E-state index in [9.17, 15) is 0 Å². The Morgan fingerprint density at radius 1 is 1.28 bits per heavy atom. The van der Waals surface area contributed by atoms with Crippen LogP contribution in [0.25, 0.3) is 0 Å². The fourth-order valence-electron chi connectivity index (χ4n) is 1.62. The van der Waals surface area contributed by atoms with Crippen molar-refractivity contribution in [3.8, 4) is 0 Å². The lowest BCUT2D eigenvalue weighted by atomic mass is 10.1. The molecule has 0 aliphatic heterocycles. The highest BCUT2D eigenvalue weighted by molar-refractivity contribution is 5.22. The zero-order valence-electron chi connectivity index (χ0n) is 10.7. The van der Waals surface area contributed by atoms with Gasteiger partial charge in [-0.1, -0.05) is 35.5 Å². The van der Waals surface area contributed by atoms with Crippen molar-refractivity contribution in [3.05, 3.63) is 47.6 Å². The Kier molecular flexibility index (Phi) is 4.07. The SMILES string of the molecule is CN(C)CCc1noc([C@@H](N)c2ccccc2)n1. The smallest absolute Gasteiger partial charge is 0.248 e. The molecule has 2 N–H and O–H groups in total. The van der Waals surface area contributed by atoms with E-state index in [1.165, 1.54) is 0 Å². The number of hydrogen-bond donors (Lipinski definition) is 1. The van der Waals surface area contributed by atoms with Gasteiger partial charge in [-0.15, -0.1) is 0 Å². The van der Waals surface area contributed by atoms with E-state index in [4.69, 9.17) is 10.3 Å². The fraction of sp³-hybridized carbons (Fsp3) is 0.385. The van der Waals surface area contributed by atoms with Gasteiger partial charge in [-0.2, -0.15) is 4.98 Å². The van der Waals surface area contributed by atoms with Crippen molar-refractivity contribution in [1.82, 2.24) is 15.0 Å². The standard InChI is InChI=1S/C13H18N4O/c1-17(2)9-8-11-15-13(18-16-11)12(14)10-6-4-3-5-7-10/h3-7,12H,8-9,14H2,1-2H3/t12-/m0/s1. The van der Waals surface area contributed by atoms with E-state index in [0.717, 1.165) is 18.5 Å². The molecule has 0 aliphatic rings. The van der Waals surface area contributed by atoms with E-state index >= 15 is 0 Å². The summed E-state index contributed by atoms with van der Waals surface area (Å²) in [5, 5.41) is 3.94. The highest BCUT2D eigenvalue weighted by Gasteiger charge is 2.16. The number of nitrogens with zero attached hydrogens (tertiary/aromatic N) is 3. The van der Waals surface area contributed by atoms with Crippen LogP contribution < -0.4 is 5.73 Å². The van der Waals surface area contributed by atoms with Crippen LogP contribution in [0.15, 0.2) is 34.9 Å². The van der Waals surface area contributed by atoms with Crippen LogP contribution in [0.1, 0.15) is 23.3 Å². The Hall–Kier alpha value is -1.72. The minimum absolute atomic E-state index is 0.355.